The minimum absolute atomic E-state index is 0.0307. The van der Waals surface area contributed by atoms with E-state index in [0.717, 1.165) is 3.57 Å². The zero-order valence-corrected chi connectivity index (χ0v) is 14.0. The molecule has 0 N–H and O–H groups in total. The number of piperidine rings is 1. The smallest absolute Gasteiger partial charge is 0.308 e. The summed E-state index contributed by atoms with van der Waals surface area (Å²) in [7, 11) is 1.40. The van der Waals surface area contributed by atoms with Gasteiger partial charge in [0.2, 0.25) is 0 Å². The first-order valence-electron chi connectivity index (χ1n) is 6.84. The molecule has 114 valence electrons. The van der Waals surface area contributed by atoms with Crippen LogP contribution >= 0.6 is 22.6 Å². The van der Waals surface area contributed by atoms with Crippen LogP contribution < -0.4 is 4.74 Å². The van der Waals surface area contributed by atoms with Gasteiger partial charge in [-0.25, -0.2) is 0 Å². The van der Waals surface area contributed by atoms with E-state index in [1.807, 2.05) is 24.3 Å². The zero-order valence-electron chi connectivity index (χ0n) is 11.9. The molecule has 0 bridgehead atoms. The van der Waals surface area contributed by atoms with Crippen LogP contribution in [0.1, 0.15) is 12.8 Å². The number of amides is 1. The van der Waals surface area contributed by atoms with Gasteiger partial charge in [0.05, 0.1) is 13.0 Å². The lowest BCUT2D eigenvalue weighted by atomic mass is 9.97. The van der Waals surface area contributed by atoms with Crippen molar-refractivity contribution < 1.29 is 19.1 Å². The lowest BCUT2D eigenvalue weighted by molar-refractivity contribution is -0.149. The summed E-state index contributed by atoms with van der Waals surface area (Å²) in [6.45, 7) is 1.19. The van der Waals surface area contributed by atoms with Crippen LogP contribution in [0.5, 0.6) is 5.75 Å². The highest BCUT2D eigenvalue weighted by Gasteiger charge is 2.27. The minimum atomic E-state index is -0.183. The van der Waals surface area contributed by atoms with Crippen LogP contribution in [0.4, 0.5) is 0 Å². The number of ether oxygens (including phenoxy) is 2. The van der Waals surface area contributed by atoms with E-state index in [-0.39, 0.29) is 24.4 Å². The summed E-state index contributed by atoms with van der Waals surface area (Å²) in [5, 5.41) is 0. The van der Waals surface area contributed by atoms with Gasteiger partial charge in [0.1, 0.15) is 5.75 Å². The second-order valence-corrected chi connectivity index (χ2v) is 6.17. The highest BCUT2D eigenvalue weighted by Crippen LogP contribution is 2.19. The van der Waals surface area contributed by atoms with Crippen molar-refractivity contribution in [3.05, 3.63) is 27.8 Å². The Morgan fingerprint density at radius 3 is 2.67 bits per heavy atom. The molecule has 0 spiro atoms. The number of hydrogen-bond acceptors (Lipinski definition) is 4. The van der Waals surface area contributed by atoms with Gasteiger partial charge in [0.15, 0.2) is 6.61 Å². The molecule has 0 unspecified atom stereocenters. The molecule has 1 fully saturated rings. The van der Waals surface area contributed by atoms with E-state index in [9.17, 15) is 9.59 Å². The number of esters is 1. The first-order chi connectivity index (χ1) is 10.1. The first-order valence-corrected chi connectivity index (χ1v) is 7.92. The molecule has 1 heterocycles. The number of carbonyl (C=O) groups is 2. The van der Waals surface area contributed by atoms with Crippen molar-refractivity contribution in [3.63, 3.8) is 0 Å². The summed E-state index contributed by atoms with van der Waals surface area (Å²) in [5.41, 5.74) is 0. The molecule has 1 aromatic rings. The molecule has 21 heavy (non-hydrogen) atoms. The van der Waals surface area contributed by atoms with Crippen molar-refractivity contribution in [1.29, 1.82) is 0 Å². The number of likely N-dealkylation sites (tertiary alicyclic amines) is 1. The second kappa shape index (κ2) is 7.63. The third-order valence-electron chi connectivity index (χ3n) is 3.54. The van der Waals surface area contributed by atoms with Crippen LogP contribution in [0.15, 0.2) is 24.3 Å². The molecular weight excluding hydrogens is 385 g/mol. The Morgan fingerprint density at radius 1 is 1.33 bits per heavy atom. The normalized spacial score (nSPS) is 15.6. The van der Waals surface area contributed by atoms with Crippen LogP contribution in [0, 0.1) is 9.49 Å². The standard InChI is InChI=1S/C15H18INO4/c1-20-15(19)11-5-7-17(8-6-11)14(18)10-21-13-4-2-3-12(16)9-13/h2-4,9,11H,5-8,10H2,1H3. The van der Waals surface area contributed by atoms with E-state index < -0.39 is 0 Å². The van der Waals surface area contributed by atoms with Gasteiger partial charge >= 0.3 is 5.97 Å². The van der Waals surface area contributed by atoms with Crippen molar-refractivity contribution in [2.24, 2.45) is 5.92 Å². The Bertz CT molecular complexity index is 512. The number of hydrogen-bond donors (Lipinski definition) is 0. The molecule has 6 heteroatoms. The van der Waals surface area contributed by atoms with Gasteiger partial charge in [-0.15, -0.1) is 0 Å². The van der Waals surface area contributed by atoms with E-state index >= 15 is 0 Å². The lowest BCUT2D eigenvalue weighted by Gasteiger charge is -2.30. The molecule has 1 aliphatic rings. The number of methoxy groups -OCH3 is 1. The molecular formula is C15H18INO4. The fourth-order valence-corrected chi connectivity index (χ4v) is 2.84. The van der Waals surface area contributed by atoms with Gasteiger partial charge in [0, 0.05) is 16.7 Å². The highest BCUT2D eigenvalue weighted by atomic mass is 127. The third-order valence-corrected chi connectivity index (χ3v) is 4.21. The summed E-state index contributed by atoms with van der Waals surface area (Å²) in [6.07, 6.45) is 1.31. The van der Waals surface area contributed by atoms with Crippen LogP contribution in [0.25, 0.3) is 0 Å². The maximum Gasteiger partial charge on any atom is 0.308 e. The van der Waals surface area contributed by atoms with Crippen LogP contribution in [-0.2, 0) is 14.3 Å². The van der Waals surface area contributed by atoms with Crippen LogP contribution in [0.2, 0.25) is 0 Å². The number of carbonyl (C=O) groups excluding carboxylic acids is 2. The molecule has 2 rings (SSSR count). The molecule has 0 saturated carbocycles. The van der Waals surface area contributed by atoms with Crippen molar-refractivity contribution >= 4 is 34.5 Å². The van der Waals surface area contributed by atoms with Crippen molar-refractivity contribution in [2.45, 2.75) is 12.8 Å². The largest absolute Gasteiger partial charge is 0.484 e. The zero-order chi connectivity index (χ0) is 15.2. The Morgan fingerprint density at radius 2 is 2.05 bits per heavy atom. The molecule has 0 radical (unpaired) electrons. The van der Waals surface area contributed by atoms with E-state index in [0.29, 0.717) is 31.7 Å². The summed E-state index contributed by atoms with van der Waals surface area (Å²) in [4.78, 5) is 25.3. The highest BCUT2D eigenvalue weighted by molar-refractivity contribution is 14.1. The summed E-state index contributed by atoms with van der Waals surface area (Å²) in [6, 6.07) is 7.58. The van der Waals surface area contributed by atoms with Gasteiger partial charge < -0.3 is 14.4 Å². The predicted octanol–water partition coefficient (Wildman–Crippen LogP) is 2.08. The summed E-state index contributed by atoms with van der Waals surface area (Å²) < 4.78 is 11.3. The average molecular weight is 403 g/mol. The maximum absolute atomic E-state index is 12.1. The van der Waals surface area contributed by atoms with Gasteiger partial charge in [-0.2, -0.15) is 0 Å². The van der Waals surface area contributed by atoms with E-state index in [1.165, 1.54) is 7.11 Å². The molecule has 1 amide bonds. The average Bonchev–Trinajstić information content (AvgIpc) is 2.52. The minimum Gasteiger partial charge on any atom is -0.484 e. The summed E-state index contributed by atoms with van der Waals surface area (Å²) >= 11 is 2.20. The molecule has 0 atom stereocenters. The Kier molecular flexibility index (Phi) is 5.84. The molecule has 0 aromatic heterocycles. The number of rotatable bonds is 4. The Hall–Kier alpha value is -1.31. The SMILES string of the molecule is COC(=O)C1CCN(C(=O)COc2cccc(I)c2)CC1. The van der Waals surface area contributed by atoms with Gasteiger partial charge in [-0.1, -0.05) is 6.07 Å². The van der Waals surface area contributed by atoms with Gasteiger partial charge in [-0.3, -0.25) is 9.59 Å². The van der Waals surface area contributed by atoms with E-state index in [2.05, 4.69) is 22.6 Å². The van der Waals surface area contributed by atoms with Crippen molar-refractivity contribution in [3.8, 4) is 5.75 Å². The predicted molar refractivity (Wildman–Crippen MR) is 86.0 cm³/mol. The monoisotopic (exact) mass is 403 g/mol. The fraction of sp³-hybridized carbons (Fsp3) is 0.467. The van der Waals surface area contributed by atoms with Crippen molar-refractivity contribution in [1.82, 2.24) is 4.90 Å². The molecule has 1 aromatic carbocycles. The van der Waals surface area contributed by atoms with Crippen LogP contribution in [-0.4, -0.2) is 43.6 Å². The quantitative estimate of drug-likeness (QED) is 0.571. The Balaban J connectivity index is 1.78. The number of halogens is 1. The molecule has 1 saturated heterocycles. The van der Waals surface area contributed by atoms with Gasteiger partial charge in [-0.05, 0) is 53.6 Å². The molecule has 0 aliphatic carbocycles. The number of benzene rings is 1. The molecule has 1 aliphatic heterocycles. The number of nitrogens with zero attached hydrogens (tertiary/aromatic N) is 1. The maximum atomic E-state index is 12.1. The van der Waals surface area contributed by atoms with Crippen LogP contribution in [0.3, 0.4) is 0 Å². The van der Waals surface area contributed by atoms with E-state index in [1.54, 1.807) is 4.90 Å². The first kappa shape index (κ1) is 16.1. The van der Waals surface area contributed by atoms with E-state index in [4.69, 9.17) is 9.47 Å². The van der Waals surface area contributed by atoms with Crippen molar-refractivity contribution in [2.75, 3.05) is 26.8 Å². The third kappa shape index (κ3) is 4.59. The summed E-state index contributed by atoms with van der Waals surface area (Å²) in [5.74, 6) is 0.379. The Labute approximate surface area is 137 Å². The topological polar surface area (TPSA) is 55.8 Å². The lowest BCUT2D eigenvalue weighted by Crippen LogP contribution is -2.42. The van der Waals surface area contributed by atoms with Gasteiger partial charge in [0.25, 0.3) is 5.91 Å². The second-order valence-electron chi connectivity index (χ2n) is 4.92. The fourth-order valence-electron chi connectivity index (χ4n) is 2.32. The molecule has 5 nitrogen and oxygen atoms in total.